The fourth-order valence-corrected chi connectivity index (χ4v) is 5.03. The molecule has 4 rings (SSSR count). The van der Waals surface area contributed by atoms with Crippen molar-refractivity contribution in [2.24, 2.45) is 5.92 Å². The zero-order valence-electron chi connectivity index (χ0n) is 11.6. The molecule has 0 unspecified atom stereocenters. The highest BCUT2D eigenvalue weighted by Gasteiger charge is 2.36. The Hall–Kier alpha value is -1.10. The lowest BCUT2D eigenvalue weighted by Gasteiger charge is -2.34. The number of amides is 1. The van der Waals surface area contributed by atoms with Crippen molar-refractivity contribution in [2.75, 3.05) is 13.1 Å². The predicted octanol–water partition coefficient (Wildman–Crippen LogP) is 3.27. The van der Waals surface area contributed by atoms with Crippen LogP contribution >= 0.6 is 22.9 Å². The zero-order valence-corrected chi connectivity index (χ0v) is 13.2. The Labute approximate surface area is 132 Å². The molecule has 21 heavy (non-hydrogen) atoms. The minimum Gasteiger partial charge on any atom is -0.352 e. The molecule has 2 aliphatic rings. The van der Waals surface area contributed by atoms with Gasteiger partial charge in [-0.05, 0) is 24.9 Å². The van der Waals surface area contributed by atoms with Crippen LogP contribution in [-0.2, 0) is 11.3 Å². The highest BCUT2D eigenvalue weighted by molar-refractivity contribution is 7.19. The first-order valence-electron chi connectivity index (χ1n) is 7.38. The second-order valence-corrected chi connectivity index (χ2v) is 7.51. The van der Waals surface area contributed by atoms with E-state index in [9.17, 15) is 4.79 Å². The van der Waals surface area contributed by atoms with Gasteiger partial charge in [0.25, 0.3) is 0 Å². The minimum atomic E-state index is 0.215. The van der Waals surface area contributed by atoms with E-state index in [4.69, 9.17) is 11.6 Å². The molecule has 1 amide bonds. The summed E-state index contributed by atoms with van der Waals surface area (Å²) in [5.74, 6) is 0.748. The Morgan fingerprint density at radius 1 is 1.38 bits per heavy atom. The standard InChI is InChI=1S/C16H17ClN2OS/c17-16-11-3-1-2-4-13(11)21-14(16)9-19-6-5-10-7-15(20)18-12(10)8-19/h1-4,10,12H,5-9H2,(H,18,20)/t10-,12-/m1/s1. The van der Waals surface area contributed by atoms with Gasteiger partial charge in [0.05, 0.1) is 5.02 Å². The molecule has 0 spiro atoms. The van der Waals surface area contributed by atoms with Gasteiger partial charge in [0.2, 0.25) is 5.91 Å². The van der Waals surface area contributed by atoms with Crippen LogP contribution in [0.3, 0.4) is 0 Å². The first-order valence-corrected chi connectivity index (χ1v) is 8.58. The molecule has 2 atom stereocenters. The Morgan fingerprint density at radius 2 is 2.24 bits per heavy atom. The lowest BCUT2D eigenvalue weighted by molar-refractivity contribution is -0.119. The lowest BCUT2D eigenvalue weighted by Crippen LogP contribution is -2.46. The molecule has 3 nitrogen and oxygen atoms in total. The monoisotopic (exact) mass is 320 g/mol. The van der Waals surface area contributed by atoms with Crippen molar-refractivity contribution in [3.8, 4) is 0 Å². The van der Waals surface area contributed by atoms with Gasteiger partial charge in [-0.25, -0.2) is 0 Å². The SMILES string of the molecule is O=C1C[C@H]2CCN(Cc3sc4ccccc4c3Cl)C[C@H]2N1. The maximum atomic E-state index is 11.5. The molecule has 2 aliphatic heterocycles. The molecule has 2 aromatic rings. The average Bonchev–Trinajstić information content (AvgIpc) is 2.99. The number of carbonyl (C=O) groups excluding carboxylic acids is 1. The highest BCUT2D eigenvalue weighted by Crippen LogP contribution is 2.36. The van der Waals surface area contributed by atoms with E-state index < -0.39 is 0 Å². The van der Waals surface area contributed by atoms with Crippen LogP contribution in [0.25, 0.3) is 10.1 Å². The summed E-state index contributed by atoms with van der Waals surface area (Å²) >= 11 is 8.31. The molecule has 1 aromatic heterocycles. The number of thiophene rings is 1. The van der Waals surface area contributed by atoms with E-state index in [0.717, 1.165) is 36.5 Å². The van der Waals surface area contributed by atoms with E-state index in [2.05, 4.69) is 28.4 Å². The number of halogens is 1. The maximum Gasteiger partial charge on any atom is 0.220 e. The number of hydrogen-bond acceptors (Lipinski definition) is 3. The van der Waals surface area contributed by atoms with Crippen molar-refractivity contribution in [1.82, 2.24) is 10.2 Å². The summed E-state index contributed by atoms with van der Waals surface area (Å²) in [6.45, 7) is 2.89. The number of hydrogen-bond donors (Lipinski definition) is 1. The molecule has 3 heterocycles. The van der Waals surface area contributed by atoms with Gasteiger partial charge in [0.1, 0.15) is 0 Å². The summed E-state index contributed by atoms with van der Waals surface area (Å²) in [6.07, 6.45) is 1.81. The second-order valence-electron chi connectivity index (χ2n) is 6.00. The Morgan fingerprint density at radius 3 is 3.10 bits per heavy atom. The number of benzene rings is 1. The quantitative estimate of drug-likeness (QED) is 0.921. The van der Waals surface area contributed by atoms with Crippen molar-refractivity contribution in [3.63, 3.8) is 0 Å². The summed E-state index contributed by atoms with van der Waals surface area (Å²) in [4.78, 5) is 15.2. The fraction of sp³-hybridized carbons (Fsp3) is 0.438. The van der Waals surface area contributed by atoms with Gasteiger partial charge in [-0.15, -0.1) is 11.3 Å². The van der Waals surface area contributed by atoms with Crippen LogP contribution in [0.4, 0.5) is 0 Å². The summed E-state index contributed by atoms with van der Waals surface area (Å²) in [5, 5.41) is 5.15. The van der Waals surface area contributed by atoms with Crippen molar-refractivity contribution >= 4 is 38.9 Å². The molecule has 110 valence electrons. The zero-order chi connectivity index (χ0) is 14.4. The maximum absolute atomic E-state index is 11.5. The summed E-state index contributed by atoms with van der Waals surface area (Å²) in [6, 6.07) is 8.63. The van der Waals surface area contributed by atoms with Gasteiger partial charge in [0, 0.05) is 40.5 Å². The third kappa shape index (κ3) is 2.45. The van der Waals surface area contributed by atoms with Gasteiger partial charge in [0.15, 0.2) is 0 Å². The molecule has 0 radical (unpaired) electrons. The van der Waals surface area contributed by atoms with Crippen LogP contribution < -0.4 is 5.32 Å². The summed E-state index contributed by atoms with van der Waals surface area (Å²) < 4.78 is 1.25. The molecule has 0 aliphatic carbocycles. The van der Waals surface area contributed by atoms with E-state index in [1.54, 1.807) is 11.3 Å². The molecule has 5 heteroatoms. The van der Waals surface area contributed by atoms with Crippen LogP contribution in [0.15, 0.2) is 24.3 Å². The van der Waals surface area contributed by atoms with Gasteiger partial charge in [-0.2, -0.15) is 0 Å². The van der Waals surface area contributed by atoms with E-state index in [1.165, 1.54) is 9.58 Å². The number of piperidine rings is 1. The van der Waals surface area contributed by atoms with Crippen LogP contribution in [0.1, 0.15) is 17.7 Å². The van der Waals surface area contributed by atoms with Gasteiger partial charge < -0.3 is 5.32 Å². The Kier molecular flexibility index (Phi) is 3.40. The average molecular weight is 321 g/mol. The van der Waals surface area contributed by atoms with Crippen LogP contribution in [-0.4, -0.2) is 29.9 Å². The van der Waals surface area contributed by atoms with Gasteiger partial charge >= 0.3 is 0 Å². The number of carbonyl (C=O) groups is 1. The van der Waals surface area contributed by atoms with E-state index >= 15 is 0 Å². The molecule has 1 aromatic carbocycles. The first kappa shape index (κ1) is 13.6. The number of nitrogens with one attached hydrogen (secondary N) is 1. The normalized spacial score (nSPS) is 26.0. The van der Waals surface area contributed by atoms with Crippen molar-refractivity contribution < 1.29 is 4.79 Å². The third-order valence-electron chi connectivity index (χ3n) is 4.60. The summed E-state index contributed by atoms with van der Waals surface area (Å²) in [5.41, 5.74) is 0. The Bertz CT molecular complexity index is 699. The molecule has 2 saturated heterocycles. The number of likely N-dealkylation sites (tertiary alicyclic amines) is 1. The molecule has 1 N–H and O–H groups in total. The second kappa shape index (κ2) is 5.27. The lowest BCUT2D eigenvalue weighted by atomic mass is 9.92. The van der Waals surface area contributed by atoms with E-state index in [1.807, 2.05) is 6.07 Å². The molecule has 2 fully saturated rings. The third-order valence-corrected chi connectivity index (χ3v) is 6.30. The fourth-order valence-electron chi connectivity index (χ4n) is 3.49. The molecule has 0 bridgehead atoms. The van der Waals surface area contributed by atoms with Crippen LogP contribution in [0.2, 0.25) is 5.02 Å². The van der Waals surface area contributed by atoms with Gasteiger partial charge in [-0.1, -0.05) is 29.8 Å². The van der Waals surface area contributed by atoms with Crippen molar-refractivity contribution in [1.29, 1.82) is 0 Å². The Balaban J connectivity index is 1.53. The predicted molar refractivity (Wildman–Crippen MR) is 86.8 cm³/mol. The smallest absolute Gasteiger partial charge is 0.220 e. The van der Waals surface area contributed by atoms with Crippen molar-refractivity contribution in [2.45, 2.75) is 25.4 Å². The van der Waals surface area contributed by atoms with Crippen molar-refractivity contribution in [3.05, 3.63) is 34.2 Å². The first-order chi connectivity index (χ1) is 10.2. The summed E-state index contributed by atoms with van der Waals surface area (Å²) in [7, 11) is 0. The van der Waals surface area contributed by atoms with E-state index in [-0.39, 0.29) is 5.91 Å². The molecule has 0 saturated carbocycles. The minimum absolute atomic E-state index is 0.215. The topological polar surface area (TPSA) is 32.3 Å². The van der Waals surface area contributed by atoms with E-state index in [0.29, 0.717) is 18.4 Å². The highest BCUT2D eigenvalue weighted by atomic mass is 35.5. The number of fused-ring (bicyclic) bond motifs is 2. The number of rotatable bonds is 2. The largest absolute Gasteiger partial charge is 0.352 e. The van der Waals surface area contributed by atoms with Crippen LogP contribution in [0, 0.1) is 5.92 Å². The van der Waals surface area contributed by atoms with Gasteiger partial charge in [-0.3, -0.25) is 9.69 Å². The van der Waals surface area contributed by atoms with Crippen LogP contribution in [0.5, 0.6) is 0 Å². The molecular formula is C16H17ClN2OS. The molecular weight excluding hydrogens is 304 g/mol. The number of nitrogens with zero attached hydrogens (tertiary/aromatic N) is 1.